The van der Waals surface area contributed by atoms with Crippen molar-refractivity contribution in [2.75, 3.05) is 6.61 Å². The molecule has 0 aliphatic heterocycles. The summed E-state index contributed by atoms with van der Waals surface area (Å²) in [5, 5.41) is 17.5. The summed E-state index contributed by atoms with van der Waals surface area (Å²) in [5.41, 5.74) is 4.82. The molecule has 0 aromatic carbocycles. The van der Waals surface area contributed by atoms with E-state index in [2.05, 4.69) is 37.0 Å². The van der Waals surface area contributed by atoms with Crippen LogP contribution in [0.25, 0.3) is 5.57 Å². The van der Waals surface area contributed by atoms with Gasteiger partial charge in [-0.05, 0) is 77.0 Å². The molecule has 8 nitrogen and oxygen atoms in total. The third-order valence-electron chi connectivity index (χ3n) is 6.21. The number of hydrogen-bond acceptors (Lipinski definition) is 7. The molecular weight excluding hydrogens is 472 g/mol. The largest absolute Gasteiger partial charge is 0.481 e. The SMILES string of the molecule is CC(C)=CCC[C@@]1(C)CC=C(COC(=O)CCC(=O)O)c2nnc(C)cc2[C@@H]1/C=C/OC(=O)C=C(C)C. The molecule has 0 radical (unpaired) electrons. The van der Waals surface area contributed by atoms with E-state index < -0.39 is 17.9 Å². The maximum atomic E-state index is 12.1. The van der Waals surface area contributed by atoms with E-state index in [1.54, 1.807) is 0 Å². The van der Waals surface area contributed by atoms with Gasteiger partial charge in [-0.1, -0.05) is 30.2 Å². The molecule has 8 heteroatoms. The van der Waals surface area contributed by atoms with Crippen molar-refractivity contribution in [1.82, 2.24) is 10.2 Å². The van der Waals surface area contributed by atoms with Gasteiger partial charge in [0.25, 0.3) is 0 Å². The smallest absolute Gasteiger partial charge is 0.335 e. The lowest BCUT2D eigenvalue weighted by molar-refractivity contribution is -0.146. The average molecular weight is 511 g/mol. The molecule has 0 saturated carbocycles. The zero-order chi connectivity index (χ0) is 27.6. The number of esters is 2. The van der Waals surface area contributed by atoms with Crippen LogP contribution < -0.4 is 0 Å². The van der Waals surface area contributed by atoms with E-state index in [0.717, 1.165) is 35.2 Å². The monoisotopic (exact) mass is 510 g/mol. The summed E-state index contributed by atoms with van der Waals surface area (Å²) in [6, 6.07) is 1.97. The maximum absolute atomic E-state index is 12.1. The van der Waals surface area contributed by atoms with E-state index in [1.807, 2.05) is 39.0 Å². The molecule has 1 aromatic rings. The Morgan fingerprint density at radius 2 is 1.86 bits per heavy atom. The molecule has 0 fully saturated rings. The van der Waals surface area contributed by atoms with E-state index in [-0.39, 0.29) is 30.8 Å². The van der Waals surface area contributed by atoms with Crippen LogP contribution in [0.3, 0.4) is 0 Å². The summed E-state index contributed by atoms with van der Waals surface area (Å²) in [4.78, 5) is 35.0. The van der Waals surface area contributed by atoms with Gasteiger partial charge in [0, 0.05) is 17.6 Å². The number of nitrogens with zero attached hydrogens (tertiary/aromatic N) is 2. The first kappa shape index (κ1) is 29.7. The fraction of sp³-hybridized carbons (Fsp3) is 0.483. The van der Waals surface area contributed by atoms with Crippen molar-refractivity contribution in [3.05, 3.63) is 64.7 Å². The number of carboxylic acid groups (broad SMARTS) is 1. The molecule has 0 spiro atoms. The van der Waals surface area contributed by atoms with Crippen molar-refractivity contribution in [2.24, 2.45) is 5.41 Å². The molecule has 1 aliphatic carbocycles. The Bertz CT molecular complexity index is 1120. The van der Waals surface area contributed by atoms with Crippen molar-refractivity contribution in [3.8, 4) is 0 Å². The minimum absolute atomic E-state index is 0.0285. The van der Waals surface area contributed by atoms with Crippen molar-refractivity contribution in [3.63, 3.8) is 0 Å². The Balaban J connectivity index is 2.45. The fourth-order valence-corrected chi connectivity index (χ4v) is 4.26. The topological polar surface area (TPSA) is 116 Å². The first-order valence-electron chi connectivity index (χ1n) is 12.5. The molecule has 1 N–H and O–H groups in total. The molecule has 0 amide bonds. The van der Waals surface area contributed by atoms with Crippen LogP contribution in [0.4, 0.5) is 0 Å². The number of aliphatic carboxylic acids is 1. The highest BCUT2D eigenvalue weighted by Crippen LogP contribution is 2.48. The van der Waals surface area contributed by atoms with E-state index in [0.29, 0.717) is 12.1 Å². The molecular formula is C29H38N2O6. The number of ether oxygens (including phenoxy) is 2. The molecule has 1 aliphatic rings. The molecule has 0 saturated heterocycles. The second-order valence-electron chi connectivity index (χ2n) is 10.2. The maximum Gasteiger partial charge on any atom is 0.335 e. The fourth-order valence-electron chi connectivity index (χ4n) is 4.26. The second kappa shape index (κ2) is 13.7. The minimum atomic E-state index is -1.05. The van der Waals surface area contributed by atoms with Gasteiger partial charge < -0.3 is 14.6 Å². The summed E-state index contributed by atoms with van der Waals surface area (Å²) in [6.07, 6.45) is 10.9. The van der Waals surface area contributed by atoms with Gasteiger partial charge in [0.1, 0.15) is 6.61 Å². The summed E-state index contributed by atoms with van der Waals surface area (Å²) >= 11 is 0. The van der Waals surface area contributed by atoms with E-state index in [4.69, 9.17) is 14.6 Å². The molecule has 1 aromatic heterocycles. The van der Waals surface area contributed by atoms with Crippen LogP contribution >= 0.6 is 0 Å². The zero-order valence-electron chi connectivity index (χ0n) is 22.7. The first-order valence-corrected chi connectivity index (χ1v) is 12.5. The predicted octanol–water partition coefficient (Wildman–Crippen LogP) is 5.84. The summed E-state index contributed by atoms with van der Waals surface area (Å²) in [5.74, 6) is -2.22. The third kappa shape index (κ3) is 9.44. The molecule has 200 valence electrons. The van der Waals surface area contributed by atoms with Crippen molar-refractivity contribution >= 4 is 23.5 Å². The van der Waals surface area contributed by atoms with Crippen LogP contribution in [0.15, 0.2) is 47.8 Å². The van der Waals surface area contributed by atoms with Gasteiger partial charge in [0.05, 0.1) is 30.5 Å². The number of aromatic nitrogens is 2. The van der Waals surface area contributed by atoms with E-state index in [9.17, 15) is 14.4 Å². The van der Waals surface area contributed by atoms with Crippen molar-refractivity contribution in [1.29, 1.82) is 0 Å². The Labute approximate surface area is 219 Å². The number of rotatable bonds is 11. The second-order valence-corrected chi connectivity index (χ2v) is 10.2. The molecule has 0 bridgehead atoms. The Kier molecular flexibility index (Phi) is 11.0. The molecule has 0 unspecified atom stereocenters. The summed E-state index contributed by atoms with van der Waals surface area (Å²) in [7, 11) is 0. The molecule has 1 heterocycles. The van der Waals surface area contributed by atoms with Crippen LogP contribution in [0.1, 0.15) is 89.6 Å². The summed E-state index contributed by atoms with van der Waals surface area (Å²) < 4.78 is 10.8. The van der Waals surface area contributed by atoms with Gasteiger partial charge >= 0.3 is 17.9 Å². The lowest BCUT2D eigenvalue weighted by Gasteiger charge is -2.35. The number of allylic oxidation sites excluding steroid dienone is 5. The number of carbonyl (C=O) groups excluding carboxylic acids is 2. The van der Waals surface area contributed by atoms with Gasteiger partial charge in [-0.2, -0.15) is 10.2 Å². The summed E-state index contributed by atoms with van der Waals surface area (Å²) in [6.45, 7) is 11.8. The van der Waals surface area contributed by atoms with Crippen molar-refractivity contribution < 1.29 is 29.0 Å². The van der Waals surface area contributed by atoms with E-state index >= 15 is 0 Å². The number of hydrogen-bond donors (Lipinski definition) is 1. The number of aryl methyl sites for hydroxylation is 1. The van der Waals surface area contributed by atoms with Gasteiger partial charge in [0.2, 0.25) is 0 Å². The Morgan fingerprint density at radius 1 is 1.14 bits per heavy atom. The van der Waals surface area contributed by atoms with E-state index in [1.165, 1.54) is 17.9 Å². The molecule has 2 rings (SSSR count). The minimum Gasteiger partial charge on any atom is -0.481 e. The van der Waals surface area contributed by atoms with Crippen LogP contribution in [-0.4, -0.2) is 39.8 Å². The van der Waals surface area contributed by atoms with Crippen LogP contribution in [0, 0.1) is 12.3 Å². The highest BCUT2D eigenvalue weighted by Gasteiger charge is 2.37. The van der Waals surface area contributed by atoms with Crippen LogP contribution in [0.5, 0.6) is 0 Å². The number of carbonyl (C=O) groups is 3. The van der Waals surface area contributed by atoms with Gasteiger partial charge in [-0.25, -0.2) is 4.79 Å². The van der Waals surface area contributed by atoms with Crippen molar-refractivity contribution in [2.45, 2.75) is 79.6 Å². The Hall–Kier alpha value is -3.55. The van der Waals surface area contributed by atoms with Gasteiger partial charge in [-0.15, -0.1) is 0 Å². The predicted molar refractivity (Wildman–Crippen MR) is 141 cm³/mol. The van der Waals surface area contributed by atoms with Crippen LogP contribution in [0.2, 0.25) is 0 Å². The van der Waals surface area contributed by atoms with Crippen LogP contribution in [-0.2, 0) is 23.9 Å². The lowest BCUT2D eigenvalue weighted by atomic mass is 9.69. The first-order chi connectivity index (χ1) is 17.4. The lowest BCUT2D eigenvalue weighted by Crippen LogP contribution is -2.24. The van der Waals surface area contributed by atoms with Gasteiger partial charge in [-0.3, -0.25) is 9.59 Å². The normalized spacial score (nSPS) is 18.8. The average Bonchev–Trinajstić information content (AvgIpc) is 2.90. The number of carboxylic acids is 1. The number of fused-ring (bicyclic) bond motifs is 1. The van der Waals surface area contributed by atoms with Gasteiger partial charge in [0.15, 0.2) is 0 Å². The zero-order valence-corrected chi connectivity index (χ0v) is 22.7. The highest BCUT2D eigenvalue weighted by molar-refractivity contribution is 5.83. The molecule has 2 atom stereocenters. The quantitative estimate of drug-likeness (QED) is 0.171. The highest BCUT2D eigenvalue weighted by atomic mass is 16.5. The standard InChI is InChI=1S/C29H38N2O6/c1-19(2)8-7-13-29(6)14-11-22(18-37-26(34)10-9-25(32)33)28-23(17-21(5)30-31-28)24(29)12-15-36-27(35)16-20(3)4/h8,11-12,15-17,24H,7,9-10,13-14,18H2,1-6H3,(H,32,33)/b15-12+/t24-,29-/m0/s1. The molecule has 37 heavy (non-hydrogen) atoms. The third-order valence-corrected chi connectivity index (χ3v) is 6.21. The Morgan fingerprint density at radius 3 is 2.51 bits per heavy atom.